The van der Waals surface area contributed by atoms with Crippen LogP contribution in [0.3, 0.4) is 0 Å². The van der Waals surface area contributed by atoms with Gasteiger partial charge in [-0.15, -0.1) is 10.2 Å². The number of para-hydroxylation sites is 1. The van der Waals surface area contributed by atoms with E-state index >= 15 is 0 Å². The molecule has 0 saturated carbocycles. The number of azo groups is 1. The summed E-state index contributed by atoms with van der Waals surface area (Å²) < 4.78 is 0. The molecule has 2 aromatic carbocycles. The number of hydrogen-bond donors (Lipinski definition) is 0. The first-order valence-electron chi connectivity index (χ1n) is 6.08. The van der Waals surface area contributed by atoms with Gasteiger partial charge in [0.1, 0.15) is 5.69 Å². The number of aromatic carboxylic acids is 1. The van der Waals surface area contributed by atoms with Crippen molar-refractivity contribution in [2.75, 3.05) is 19.0 Å². The van der Waals surface area contributed by atoms with Crippen molar-refractivity contribution in [2.24, 2.45) is 10.2 Å². The molecule has 2 aromatic rings. The van der Waals surface area contributed by atoms with E-state index in [1.165, 1.54) is 6.07 Å². The van der Waals surface area contributed by atoms with Crippen LogP contribution in [0, 0.1) is 0 Å². The van der Waals surface area contributed by atoms with Crippen LogP contribution in [0.1, 0.15) is 10.4 Å². The van der Waals surface area contributed by atoms with Gasteiger partial charge in [0, 0.05) is 19.7 Å². The maximum absolute atomic E-state index is 11.0. The minimum absolute atomic E-state index is 0. The standard InChI is InChI=1S/C15H15N3O2.Na/c1-18(2)14-10-6-5-9-13(14)17-16-12-8-4-3-7-11(12)15(19)20;/h3-10H,1-2H3,(H,19,20);/q;+1/p-1. The number of carbonyl (C=O) groups is 1. The number of rotatable bonds is 4. The number of carboxylic acid groups (broad SMARTS) is 1. The van der Waals surface area contributed by atoms with Crippen LogP contribution < -0.4 is 39.6 Å². The van der Waals surface area contributed by atoms with Gasteiger partial charge in [-0.25, -0.2) is 0 Å². The van der Waals surface area contributed by atoms with Gasteiger partial charge in [-0.3, -0.25) is 0 Å². The van der Waals surface area contributed by atoms with Crippen molar-refractivity contribution in [1.29, 1.82) is 0 Å². The van der Waals surface area contributed by atoms with E-state index in [9.17, 15) is 9.90 Å². The molecule has 0 atom stereocenters. The summed E-state index contributed by atoms with van der Waals surface area (Å²) in [5.74, 6) is -1.26. The molecular formula is C15H14N3NaO2. The van der Waals surface area contributed by atoms with Crippen LogP contribution in [0.15, 0.2) is 58.8 Å². The molecule has 0 saturated heterocycles. The van der Waals surface area contributed by atoms with E-state index in [2.05, 4.69) is 10.2 Å². The largest absolute Gasteiger partial charge is 1.00 e. The van der Waals surface area contributed by atoms with Gasteiger partial charge in [-0.05, 0) is 18.2 Å². The van der Waals surface area contributed by atoms with E-state index in [4.69, 9.17) is 0 Å². The second-order valence-corrected chi connectivity index (χ2v) is 4.39. The molecule has 0 spiro atoms. The van der Waals surface area contributed by atoms with Crippen LogP contribution in [0.2, 0.25) is 0 Å². The zero-order valence-corrected chi connectivity index (χ0v) is 14.3. The Morgan fingerprint density at radius 3 is 2.10 bits per heavy atom. The van der Waals surface area contributed by atoms with Gasteiger partial charge >= 0.3 is 29.6 Å². The van der Waals surface area contributed by atoms with Crippen molar-refractivity contribution >= 4 is 23.0 Å². The van der Waals surface area contributed by atoms with Gasteiger partial charge in [-0.2, -0.15) is 0 Å². The smallest absolute Gasteiger partial charge is 0.545 e. The summed E-state index contributed by atoms with van der Waals surface area (Å²) in [6.07, 6.45) is 0. The number of carbonyl (C=O) groups excluding carboxylic acids is 1. The number of carboxylic acids is 1. The Kier molecular flexibility index (Phi) is 6.55. The average molecular weight is 291 g/mol. The fourth-order valence-electron chi connectivity index (χ4n) is 1.77. The summed E-state index contributed by atoms with van der Waals surface area (Å²) in [6, 6.07) is 13.9. The van der Waals surface area contributed by atoms with Gasteiger partial charge in [-0.1, -0.05) is 30.3 Å². The van der Waals surface area contributed by atoms with Crippen LogP contribution >= 0.6 is 0 Å². The van der Waals surface area contributed by atoms with E-state index < -0.39 is 5.97 Å². The minimum atomic E-state index is -1.26. The maximum atomic E-state index is 11.0. The molecule has 21 heavy (non-hydrogen) atoms. The molecule has 0 aromatic heterocycles. The summed E-state index contributed by atoms with van der Waals surface area (Å²) in [7, 11) is 3.81. The van der Waals surface area contributed by atoms with E-state index in [0.717, 1.165) is 5.69 Å². The average Bonchev–Trinajstić information content (AvgIpc) is 2.45. The minimum Gasteiger partial charge on any atom is -0.545 e. The number of benzene rings is 2. The monoisotopic (exact) mass is 291 g/mol. The van der Waals surface area contributed by atoms with E-state index in [-0.39, 0.29) is 40.8 Å². The molecule has 2 rings (SSSR count). The van der Waals surface area contributed by atoms with Gasteiger partial charge in [0.05, 0.1) is 17.3 Å². The Labute approximate surface area is 145 Å². The summed E-state index contributed by atoms with van der Waals surface area (Å²) in [4.78, 5) is 12.9. The van der Waals surface area contributed by atoms with Crippen LogP contribution in [-0.2, 0) is 0 Å². The number of anilines is 1. The normalized spacial score (nSPS) is 10.2. The molecule has 0 radical (unpaired) electrons. The molecule has 0 aliphatic heterocycles. The van der Waals surface area contributed by atoms with Crippen molar-refractivity contribution in [3.8, 4) is 0 Å². The maximum Gasteiger partial charge on any atom is 1.00 e. The van der Waals surface area contributed by atoms with Crippen molar-refractivity contribution in [3.05, 3.63) is 54.1 Å². The third kappa shape index (κ3) is 4.39. The van der Waals surface area contributed by atoms with Crippen LogP contribution in [0.25, 0.3) is 0 Å². The van der Waals surface area contributed by atoms with Crippen LogP contribution in [0.4, 0.5) is 17.1 Å². The van der Waals surface area contributed by atoms with Crippen molar-refractivity contribution < 1.29 is 39.5 Å². The molecule has 0 N–H and O–H groups in total. The summed E-state index contributed by atoms with van der Waals surface area (Å²) in [5.41, 5.74) is 1.88. The molecule has 0 heterocycles. The number of nitrogens with zero attached hydrogens (tertiary/aromatic N) is 3. The Bertz CT molecular complexity index is 657. The Morgan fingerprint density at radius 2 is 1.48 bits per heavy atom. The first-order chi connectivity index (χ1) is 9.59. The van der Waals surface area contributed by atoms with Gasteiger partial charge in [0.15, 0.2) is 0 Å². The van der Waals surface area contributed by atoms with Crippen LogP contribution in [0.5, 0.6) is 0 Å². The zero-order valence-electron chi connectivity index (χ0n) is 12.3. The Morgan fingerprint density at radius 1 is 0.952 bits per heavy atom. The third-order valence-corrected chi connectivity index (χ3v) is 2.75. The molecule has 0 bridgehead atoms. The summed E-state index contributed by atoms with van der Waals surface area (Å²) in [6.45, 7) is 0. The van der Waals surface area contributed by atoms with Crippen molar-refractivity contribution in [1.82, 2.24) is 0 Å². The summed E-state index contributed by atoms with van der Waals surface area (Å²) >= 11 is 0. The van der Waals surface area contributed by atoms with Crippen molar-refractivity contribution in [3.63, 3.8) is 0 Å². The fraction of sp³-hybridized carbons (Fsp3) is 0.133. The summed E-state index contributed by atoms with van der Waals surface area (Å²) in [5, 5.41) is 19.1. The Hall–Kier alpha value is -1.69. The SMILES string of the molecule is CN(C)c1ccccc1N=Nc1ccccc1C(=O)[O-].[Na+]. The molecule has 0 aliphatic carbocycles. The van der Waals surface area contributed by atoms with Gasteiger partial charge < -0.3 is 14.8 Å². The third-order valence-electron chi connectivity index (χ3n) is 2.75. The Balaban J connectivity index is 0.00000220. The molecular weight excluding hydrogens is 277 g/mol. The molecule has 0 amide bonds. The molecule has 6 heteroatoms. The predicted octanol–water partition coefficient (Wildman–Crippen LogP) is -0.465. The van der Waals surface area contributed by atoms with Crippen molar-refractivity contribution in [2.45, 2.75) is 0 Å². The van der Waals surface area contributed by atoms with E-state index in [0.29, 0.717) is 5.69 Å². The predicted molar refractivity (Wildman–Crippen MR) is 75.7 cm³/mol. The van der Waals surface area contributed by atoms with E-state index in [1.54, 1.807) is 18.2 Å². The molecule has 0 unspecified atom stereocenters. The van der Waals surface area contributed by atoms with Gasteiger partial charge in [0.2, 0.25) is 0 Å². The number of hydrogen-bond acceptors (Lipinski definition) is 5. The quantitative estimate of drug-likeness (QED) is 0.565. The molecule has 0 fully saturated rings. The molecule has 102 valence electrons. The second kappa shape index (κ2) is 7.93. The van der Waals surface area contributed by atoms with Crippen LogP contribution in [-0.4, -0.2) is 20.1 Å². The fourth-order valence-corrected chi connectivity index (χ4v) is 1.77. The molecule has 0 aliphatic rings. The first kappa shape index (κ1) is 17.4. The van der Waals surface area contributed by atoms with Gasteiger partial charge in [0.25, 0.3) is 0 Å². The van der Waals surface area contributed by atoms with E-state index in [1.807, 2.05) is 43.3 Å². The zero-order chi connectivity index (χ0) is 14.5. The second-order valence-electron chi connectivity index (χ2n) is 4.39. The molecule has 5 nitrogen and oxygen atoms in total. The first-order valence-corrected chi connectivity index (χ1v) is 6.08. The topological polar surface area (TPSA) is 68.1 Å².